The summed E-state index contributed by atoms with van der Waals surface area (Å²) < 4.78 is 0. The molecule has 90 valence electrons. The molecule has 1 heteroatoms. The van der Waals surface area contributed by atoms with E-state index in [-0.39, 0.29) is 0 Å². The highest BCUT2D eigenvalue weighted by molar-refractivity contribution is 5.83. The molecule has 0 aromatic carbocycles. The lowest BCUT2D eigenvalue weighted by Gasteiger charge is -2.29. The quantitative estimate of drug-likeness (QED) is 0.639. The van der Waals surface area contributed by atoms with Crippen LogP contribution in [-0.2, 0) is 4.79 Å². The second-order valence-electron chi connectivity index (χ2n) is 5.88. The van der Waals surface area contributed by atoms with Crippen LogP contribution in [0.5, 0.6) is 0 Å². The van der Waals surface area contributed by atoms with Crippen molar-refractivity contribution in [1.82, 2.24) is 0 Å². The lowest BCUT2D eigenvalue weighted by Crippen LogP contribution is -2.28. The first-order valence-electron chi connectivity index (χ1n) is 6.86. The first-order chi connectivity index (χ1) is 7.66. The van der Waals surface area contributed by atoms with Gasteiger partial charge in [-0.05, 0) is 44.9 Å². The zero-order valence-corrected chi connectivity index (χ0v) is 10.7. The fraction of sp³-hybridized carbons (Fsp3) is 0.800. The van der Waals surface area contributed by atoms with Crippen molar-refractivity contribution in [1.29, 1.82) is 0 Å². The highest BCUT2D eigenvalue weighted by atomic mass is 16.1. The van der Waals surface area contributed by atoms with E-state index in [0.717, 1.165) is 38.0 Å². The van der Waals surface area contributed by atoms with E-state index in [1.165, 1.54) is 18.4 Å². The molecule has 0 heterocycles. The van der Waals surface area contributed by atoms with Crippen molar-refractivity contribution in [2.75, 3.05) is 0 Å². The van der Waals surface area contributed by atoms with Crippen LogP contribution in [0, 0.1) is 17.8 Å². The van der Waals surface area contributed by atoms with Gasteiger partial charge in [-0.15, -0.1) is 0 Å². The predicted octanol–water partition coefficient (Wildman–Crippen LogP) is 4.13. The molecule has 1 unspecified atom stereocenters. The van der Waals surface area contributed by atoms with E-state index in [4.69, 9.17) is 0 Å². The number of Topliss-reactive ketones (excluding diaryl/α,β-unsaturated/α-hetero) is 1. The number of rotatable bonds is 2. The average molecular weight is 220 g/mol. The normalized spacial score (nSPS) is 35.6. The second-order valence-corrected chi connectivity index (χ2v) is 5.88. The van der Waals surface area contributed by atoms with Crippen LogP contribution < -0.4 is 0 Å². The Morgan fingerprint density at radius 1 is 1.12 bits per heavy atom. The fourth-order valence-electron chi connectivity index (χ4n) is 3.10. The van der Waals surface area contributed by atoms with Crippen LogP contribution in [-0.4, -0.2) is 5.78 Å². The number of carbonyl (C=O) groups is 1. The molecule has 0 aliphatic heterocycles. The molecule has 0 aromatic heterocycles. The third-order valence-electron chi connectivity index (χ3n) is 4.46. The van der Waals surface area contributed by atoms with Crippen LogP contribution in [0.1, 0.15) is 58.8 Å². The molecule has 2 rings (SSSR count). The highest BCUT2D eigenvalue weighted by Gasteiger charge is 2.29. The van der Waals surface area contributed by atoms with Crippen molar-refractivity contribution in [2.45, 2.75) is 58.8 Å². The van der Waals surface area contributed by atoms with Crippen molar-refractivity contribution in [3.8, 4) is 0 Å². The van der Waals surface area contributed by atoms with Crippen molar-refractivity contribution < 1.29 is 4.79 Å². The van der Waals surface area contributed by atoms with Gasteiger partial charge in [-0.2, -0.15) is 0 Å². The summed E-state index contributed by atoms with van der Waals surface area (Å²) in [6.07, 6.45) is 10.4. The predicted molar refractivity (Wildman–Crippen MR) is 67.2 cm³/mol. The molecular weight excluding hydrogens is 196 g/mol. The summed E-state index contributed by atoms with van der Waals surface area (Å²) in [5.74, 6) is 2.17. The molecule has 0 radical (unpaired) electrons. The number of allylic oxidation sites excluding steroid dienone is 2. The van der Waals surface area contributed by atoms with E-state index in [0.29, 0.717) is 17.6 Å². The minimum Gasteiger partial charge on any atom is -0.299 e. The van der Waals surface area contributed by atoms with Crippen LogP contribution in [0.4, 0.5) is 0 Å². The van der Waals surface area contributed by atoms with Crippen molar-refractivity contribution >= 4 is 5.78 Å². The first-order valence-corrected chi connectivity index (χ1v) is 6.86. The molecular formula is C15H24O. The SMILES string of the molecule is CC1=CCC(C(=O)C2CCC(C)CC2)CC1. The van der Waals surface area contributed by atoms with Gasteiger partial charge in [-0.1, -0.05) is 31.4 Å². The fourth-order valence-corrected chi connectivity index (χ4v) is 3.10. The first kappa shape index (κ1) is 11.9. The molecule has 1 fully saturated rings. The molecule has 1 atom stereocenters. The molecule has 0 N–H and O–H groups in total. The molecule has 2 aliphatic carbocycles. The zero-order valence-electron chi connectivity index (χ0n) is 10.7. The number of carbonyl (C=O) groups excluding carboxylic acids is 1. The Balaban J connectivity index is 1.88. The molecule has 1 nitrogen and oxygen atoms in total. The maximum Gasteiger partial charge on any atom is 0.139 e. The highest BCUT2D eigenvalue weighted by Crippen LogP contribution is 2.34. The smallest absolute Gasteiger partial charge is 0.139 e. The summed E-state index contributed by atoms with van der Waals surface area (Å²) in [6, 6.07) is 0. The lowest BCUT2D eigenvalue weighted by molar-refractivity contribution is -0.128. The maximum atomic E-state index is 12.3. The Morgan fingerprint density at radius 3 is 2.38 bits per heavy atom. The summed E-state index contributed by atoms with van der Waals surface area (Å²) in [4.78, 5) is 12.3. The monoisotopic (exact) mass is 220 g/mol. The van der Waals surface area contributed by atoms with Gasteiger partial charge < -0.3 is 0 Å². The molecule has 16 heavy (non-hydrogen) atoms. The topological polar surface area (TPSA) is 17.1 Å². The minimum atomic E-state index is 0.349. The van der Waals surface area contributed by atoms with Crippen molar-refractivity contribution in [3.05, 3.63) is 11.6 Å². The van der Waals surface area contributed by atoms with Gasteiger partial charge >= 0.3 is 0 Å². The number of hydrogen-bond donors (Lipinski definition) is 0. The molecule has 0 saturated heterocycles. The Labute approximate surface area is 99.3 Å². The van der Waals surface area contributed by atoms with E-state index in [1.54, 1.807) is 0 Å². The Morgan fingerprint density at radius 2 is 1.81 bits per heavy atom. The van der Waals surface area contributed by atoms with Gasteiger partial charge in [-0.25, -0.2) is 0 Å². The van der Waals surface area contributed by atoms with E-state index >= 15 is 0 Å². The minimum absolute atomic E-state index is 0.349. The number of ketones is 1. The molecule has 0 amide bonds. The standard InChI is InChI=1S/C15H24O/c1-11-3-7-13(8-4-11)15(16)14-9-5-12(2)6-10-14/h3,12-14H,4-10H2,1-2H3. The summed E-state index contributed by atoms with van der Waals surface area (Å²) >= 11 is 0. The van der Waals surface area contributed by atoms with E-state index in [2.05, 4.69) is 19.9 Å². The van der Waals surface area contributed by atoms with E-state index in [9.17, 15) is 4.79 Å². The van der Waals surface area contributed by atoms with E-state index in [1.807, 2.05) is 0 Å². The summed E-state index contributed by atoms with van der Waals surface area (Å²) in [6.45, 7) is 4.50. The van der Waals surface area contributed by atoms with Gasteiger partial charge in [0.2, 0.25) is 0 Å². The molecule has 0 spiro atoms. The van der Waals surface area contributed by atoms with Crippen LogP contribution in [0.15, 0.2) is 11.6 Å². The Kier molecular flexibility index (Phi) is 3.83. The Bertz CT molecular complexity index is 282. The van der Waals surface area contributed by atoms with Gasteiger partial charge in [0.05, 0.1) is 0 Å². The molecule has 0 bridgehead atoms. The van der Waals surface area contributed by atoms with Gasteiger partial charge in [0.25, 0.3) is 0 Å². The maximum absolute atomic E-state index is 12.3. The summed E-state index contributed by atoms with van der Waals surface area (Å²) in [5, 5.41) is 0. The van der Waals surface area contributed by atoms with Gasteiger partial charge in [-0.3, -0.25) is 4.79 Å². The van der Waals surface area contributed by atoms with Gasteiger partial charge in [0.15, 0.2) is 0 Å². The van der Waals surface area contributed by atoms with Gasteiger partial charge in [0.1, 0.15) is 5.78 Å². The second kappa shape index (κ2) is 5.16. The third kappa shape index (κ3) is 2.75. The van der Waals surface area contributed by atoms with Crippen LogP contribution >= 0.6 is 0 Å². The molecule has 1 saturated carbocycles. The van der Waals surface area contributed by atoms with Crippen LogP contribution in [0.25, 0.3) is 0 Å². The summed E-state index contributed by atoms with van der Waals surface area (Å²) in [7, 11) is 0. The zero-order chi connectivity index (χ0) is 11.5. The Hall–Kier alpha value is -0.590. The van der Waals surface area contributed by atoms with Crippen LogP contribution in [0.3, 0.4) is 0 Å². The number of hydrogen-bond acceptors (Lipinski definition) is 1. The van der Waals surface area contributed by atoms with Gasteiger partial charge in [0, 0.05) is 11.8 Å². The summed E-state index contributed by atoms with van der Waals surface area (Å²) in [5.41, 5.74) is 1.47. The van der Waals surface area contributed by atoms with Crippen LogP contribution in [0.2, 0.25) is 0 Å². The average Bonchev–Trinajstić information content (AvgIpc) is 2.30. The van der Waals surface area contributed by atoms with Crippen molar-refractivity contribution in [3.63, 3.8) is 0 Å². The third-order valence-corrected chi connectivity index (χ3v) is 4.46. The van der Waals surface area contributed by atoms with E-state index < -0.39 is 0 Å². The molecule has 2 aliphatic rings. The lowest BCUT2D eigenvalue weighted by atomic mass is 9.75. The molecule has 0 aromatic rings. The van der Waals surface area contributed by atoms with Crippen molar-refractivity contribution in [2.24, 2.45) is 17.8 Å². The largest absolute Gasteiger partial charge is 0.299 e.